The quantitative estimate of drug-likeness (QED) is 0.349. The molecule has 1 heterocycles. The number of carbonyl (C=O) groups excluding carboxylic acids is 1. The number of ketones is 1. The van der Waals surface area contributed by atoms with Gasteiger partial charge in [0, 0.05) is 35.6 Å². The minimum absolute atomic E-state index is 0.194. The predicted molar refractivity (Wildman–Crippen MR) is 126 cm³/mol. The first-order chi connectivity index (χ1) is 13.6. The lowest BCUT2D eigenvalue weighted by Crippen LogP contribution is -2.29. The number of carbonyl (C=O) groups is 1. The standard InChI is InChI=1S/C26H28OS2/c1-25(2,3)18-15-17(16-19(24(18)27)26(4,5)6)29-22-13-9-7-11-20(22)28-21-12-8-10-14-23(21)29/h7-16H,1-6H3. The van der Waals surface area contributed by atoms with E-state index in [9.17, 15) is 4.79 Å². The number of hydrogen-bond acceptors (Lipinski definition) is 2. The molecule has 1 aliphatic heterocycles. The van der Waals surface area contributed by atoms with Gasteiger partial charge in [0.2, 0.25) is 0 Å². The lowest BCUT2D eigenvalue weighted by molar-refractivity contribution is -0.114. The summed E-state index contributed by atoms with van der Waals surface area (Å²) >= 11 is 1.85. The summed E-state index contributed by atoms with van der Waals surface area (Å²) in [6.07, 6.45) is 4.37. The van der Waals surface area contributed by atoms with E-state index in [0.717, 1.165) is 11.1 Å². The number of fused-ring (bicyclic) bond motifs is 2. The molecule has 4 rings (SSSR count). The highest BCUT2D eigenvalue weighted by atomic mass is 32.2. The van der Waals surface area contributed by atoms with Gasteiger partial charge >= 0.3 is 0 Å². The third-order valence-corrected chi connectivity index (χ3v) is 8.98. The molecule has 2 aromatic rings. The minimum atomic E-state index is -0.216. The molecule has 0 unspecified atom stereocenters. The maximum absolute atomic E-state index is 13.4. The normalized spacial score (nSPS) is 17.4. The van der Waals surface area contributed by atoms with Crippen LogP contribution >= 0.6 is 22.2 Å². The summed E-state index contributed by atoms with van der Waals surface area (Å²) in [6.45, 7) is 12.8. The van der Waals surface area contributed by atoms with Crippen LogP contribution in [0.3, 0.4) is 0 Å². The van der Waals surface area contributed by atoms with Gasteiger partial charge in [0.1, 0.15) is 0 Å². The van der Waals surface area contributed by atoms with E-state index in [1.807, 2.05) is 11.8 Å². The van der Waals surface area contributed by atoms with Crippen LogP contribution in [-0.2, 0) is 4.79 Å². The fourth-order valence-corrected chi connectivity index (χ4v) is 7.53. The first kappa shape index (κ1) is 20.4. The van der Waals surface area contributed by atoms with Crippen molar-refractivity contribution in [3.05, 3.63) is 71.8 Å². The molecule has 0 radical (unpaired) electrons. The molecule has 0 saturated heterocycles. The largest absolute Gasteiger partial charge is 0.289 e. The van der Waals surface area contributed by atoms with Crippen molar-refractivity contribution in [2.24, 2.45) is 10.8 Å². The number of benzene rings is 2. The second-order valence-corrected chi connectivity index (χ2v) is 12.7. The summed E-state index contributed by atoms with van der Waals surface area (Å²) in [5.41, 5.74) is 1.45. The zero-order valence-corrected chi connectivity index (χ0v) is 19.6. The van der Waals surface area contributed by atoms with Gasteiger partial charge < -0.3 is 0 Å². The molecule has 0 N–H and O–H groups in total. The number of Topliss-reactive ketones (excluding diaryl/α,β-unsaturated/α-hetero) is 1. The molecular formula is C26H28OS2. The molecule has 1 nitrogen and oxygen atoms in total. The maximum Gasteiger partial charge on any atom is 0.186 e. The van der Waals surface area contributed by atoms with E-state index in [4.69, 9.17) is 0 Å². The molecule has 2 aromatic carbocycles. The molecule has 0 aromatic heterocycles. The fourth-order valence-electron chi connectivity index (χ4n) is 3.73. The van der Waals surface area contributed by atoms with Crippen molar-refractivity contribution in [2.75, 3.05) is 0 Å². The fraction of sp³-hybridized carbons (Fsp3) is 0.308. The Morgan fingerprint density at radius 2 is 1.10 bits per heavy atom. The van der Waals surface area contributed by atoms with Crippen LogP contribution < -0.4 is 0 Å². The summed E-state index contributed by atoms with van der Waals surface area (Å²) in [7, 11) is -0.216. The highest BCUT2D eigenvalue weighted by Crippen LogP contribution is 2.54. The minimum Gasteiger partial charge on any atom is -0.289 e. The van der Waals surface area contributed by atoms with E-state index < -0.39 is 0 Å². The van der Waals surface area contributed by atoms with Crippen LogP contribution in [0.25, 0.3) is 0 Å². The summed E-state index contributed by atoms with van der Waals surface area (Å²) in [5.74, 6) is 0.199. The van der Waals surface area contributed by atoms with E-state index in [-0.39, 0.29) is 27.1 Å². The molecule has 3 heteroatoms. The highest BCUT2D eigenvalue weighted by Gasteiger charge is 2.35. The van der Waals surface area contributed by atoms with Crippen molar-refractivity contribution in [2.45, 2.75) is 61.1 Å². The summed E-state index contributed by atoms with van der Waals surface area (Å²) in [4.78, 5) is 20.0. The second-order valence-electron chi connectivity index (χ2n) is 9.65. The molecule has 150 valence electrons. The van der Waals surface area contributed by atoms with Gasteiger partial charge in [-0.3, -0.25) is 4.79 Å². The van der Waals surface area contributed by atoms with E-state index in [1.165, 1.54) is 24.4 Å². The van der Waals surface area contributed by atoms with Gasteiger partial charge in [-0.05, 0) is 47.2 Å². The van der Waals surface area contributed by atoms with Gasteiger partial charge in [0.05, 0.1) is 0 Å². The molecular weight excluding hydrogens is 392 g/mol. The van der Waals surface area contributed by atoms with Crippen molar-refractivity contribution >= 4 is 32.9 Å². The van der Waals surface area contributed by atoms with Crippen LogP contribution in [0.4, 0.5) is 0 Å². The van der Waals surface area contributed by atoms with Gasteiger partial charge in [0.25, 0.3) is 0 Å². The first-order valence-electron chi connectivity index (χ1n) is 10.0. The average molecular weight is 421 g/mol. The Kier molecular flexibility index (Phi) is 5.03. The summed E-state index contributed by atoms with van der Waals surface area (Å²) in [6, 6.07) is 17.4. The number of hydrogen-bond donors (Lipinski definition) is 0. The van der Waals surface area contributed by atoms with E-state index in [0.29, 0.717) is 0 Å². The molecule has 0 atom stereocenters. The molecule has 0 spiro atoms. The molecule has 0 amide bonds. The van der Waals surface area contributed by atoms with Crippen LogP contribution in [0.5, 0.6) is 0 Å². The van der Waals surface area contributed by atoms with Crippen molar-refractivity contribution in [3.8, 4) is 0 Å². The third kappa shape index (κ3) is 3.71. The molecule has 2 aliphatic rings. The smallest absolute Gasteiger partial charge is 0.186 e. The first-order valence-corrected chi connectivity index (χ1v) is 12.1. The van der Waals surface area contributed by atoms with Crippen molar-refractivity contribution in [1.82, 2.24) is 0 Å². The Labute approximate surface area is 181 Å². The Bertz CT molecular complexity index is 1020. The molecule has 29 heavy (non-hydrogen) atoms. The monoisotopic (exact) mass is 420 g/mol. The topological polar surface area (TPSA) is 17.1 Å². The van der Waals surface area contributed by atoms with Gasteiger partial charge in [-0.2, -0.15) is 0 Å². The Morgan fingerprint density at radius 1 is 0.690 bits per heavy atom. The zero-order valence-electron chi connectivity index (χ0n) is 18.0. The predicted octanol–water partition coefficient (Wildman–Crippen LogP) is 7.54. The average Bonchev–Trinajstić information content (AvgIpc) is 2.64. The van der Waals surface area contributed by atoms with Crippen molar-refractivity contribution < 1.29 is 4.79 Å². The van der Waals surface area contributed by atoms with Crippen LogP contribution in [0.1, 0.15) is 41.5 Å². The second kappa shape index (κ2) is 7.14. The molecule has 0 saturated carbocycles. The van der Waals surface area contributed by atoms with Crippen LogP contribution in [0.2, 0.25) is 0 Å². The zero-order chi connectivity index (χ0) is 21.0. The summed E-state index contributed by atoms with van der Waals surface area (Å²) in [5, 5.41) is 0. The van der Waals surface area contributed by atoms with Gasteiger partial charge in [-0.15, -0.1) is 10.5 Å². The highest BCUT2D eigenvalue weighted by molar-refractivity contribution is 8.18. The molecule has 0 fully saturated rings. The maximum atomic E-state index is 13.4. The van der Waals surface area contributed by atoms with Crippen molar-refractivity contribution in [1.29, 1.82) is 0 Å². The van der Waals surface area contributed by atoms with Crippen LogP contribution in [0, 0.1) is 10.8 Å². The number of rotatable bonds is 0. The summed E-state index contributed by atoms with van der Waals surface area (Å²) < 4.78 is 0. The lowest BCUT2D eigenvalue weighted by Gasteiger charge is -2.33. The van der Waals surface area contributed by atoms with Gasteiger partial charge in [-0.25, -0.2) is 0 Å². The third-order valence-electron chi connectivity index (χ3n) is 5.27. The van der Waals surface area contributed by atoms with Crippen LogP contribution in [-0.4, -0.2) is 10.6 Å². The Hall–Kier alpha value is -1.84. The molecule has 1 aliphatic carbocycles. The number of allylic oxidation sites excluding steroid dienone is 4. The van der Waals surface area contributed by atoms with E-state index >= 15 is 0 Å². The van der Waals surface area contributed by atoms with Gasteiger partial charge in [0.15, 0.2) is 5.78 Å². The van der Waals surface area contributed by atoms with Crippen molar-refractivity contribution in [3.63, 3.8) is 0 Å². The lowest BCUT2D eigenvalue weighted by atomic mass is 9.73. The Balaban J connectivity index is 2.09. The van der Waals surface area contributed by atoms with Crippen LogP contribution in [0.15, 0.2) is 91.4 Å². The Morgan fingerprint density at radius 3 is 1.52 bits per heavy atom. The molecule has 0 bridgehead atoms. The van der Waals surface area contributed by atoms with Gasteiger partial charge in [-0.1, -0.05) is 77.6 Å². The van der Waals surface area contributed by atoms with E-state index in [1.54, 1.807) is 0 Å². The van der Waals surface area contributed by atoms with E-state index in [2.05, 4.69) is 102 Å². The SMILES string of the molecule is CC(C)(C)C1=CC(=S2c3ccccc3Sc3ccccc32)C=C(C(C)(C)C)C1=O.